The van der Waals surface area contributed by atoms with Crippen molar-refractivity contribution in [3.05, 3.63) is 58.8 Å². The monoisotopic (exact) mass is 459 g/mol. The Balaban J connectivity index is 1.72. The molecule has 1 saturated heterocycles. The number of aryl methyl sites for hydroxylation is 1. The summed E-state index contributed by atoms with van der Waals surface area (Å²) >= 11 is 0. The van der Waals surface area contributed by atoms with Gasteiger partial charge < -0.3 is 16.4 Å². The topological polar surface area (TPSA) is 100 Å². The van der Waals surface area contributed by atoms with Gasteiger partial charge in [0.05, 0.1) is 6.04 Å². The number of rotatable bonds is 8. The minimum absolute atomic E-state index is 0.0282. The largest absolute Gasteiger partial charge is 0.384 e. The molecule has 7 nitrogen and oxygen atoms in total. The number of pyridine rings is 1. The molecule has 0 unspecified atom stereocenters. The molecule has 0 bridgehead atoms. The molecule has 1 aliphatic rings. The maximum atomic E-state index is 13.7. The lowest BCUT2D eigenvalue weighted by molar-refractivity contribution is -0.132. The van der Waals surface area contributed by atoms with Gasteiger partial charge in [-0.1, -0.05) is 18.6 Å². The Morgan fingerprint density at radius 1 is 1.09 bits per heavy atom. The van der Waals surface area contributed by atoms with Gasteiger partial charge in [-0.3, -0.25) is 14.5 Å². The number of hydrogen-bond acceptors (Lipinski definition) is 5. The number of carbonyl (C=O) groups excluding carboxylic acids is 2. The molecule has 33 heavy (non-hydrogen) atoms. The van der Waals surface area contributed by atoms with Crippen LogP contribution in [0.2, 0.25) is 0 Å². The normalized spacial score (nSPS) is 16.1. The van der Waals surface area contributed by atoms with Crippen LogP contribution in [0.3, 0.4) is 0 Å². The van der Waals surface area contributed by atoms with Crippen LogP contribution in [0.5, 0.6) is 0 Å². The lowest BCUT2D eigenvalue weighted by Gasteiger charge is -2.32. The van der Waals surface area contributed by atoms with E-state index in [0.717, 1.165) is 50.0 Å². The van der Waals surface area contributed by atoms with Crippen molar-refractivity contribution in [2.45, 2.75) is 58.2 Å². The van der Waals surface area contributed by atoms with E-state index < -0.39 is 29.6 Å². The summed E-state index contributed by atoms with van der Waals surface area (Å²) in [6.07, 6.45) is 3.24. The molecule has 0 saturated carbocycles. The number of aromatic nitrogens is 1. The van der Waals surface area contributed by atoms with Crippen LogP contribution < -0.4 is 16.4 Å². The number of anilines is 1. The van der Waals surface area contributed by atoms with Gasteiger partial charge in [0.2, 0.25) is 11.8 Å². The Hall–Kier alpha value is -3.07. The number of likely N-dealkylation sites (tertiary alicyclic amines) is 1. The van der Waals surface area contributed by atoms with Crippen molar-refractivity contribution >= 4 is 17.6 Å². The Morgan fingerprint density at radius 2 is 1.82 bits per heavy atom. The van der Waals surface area contributed by atoms with E-state index in [1.165, 1.54) is 6.07 Å². The van der Waals surface area contributed by atoms with Gasteiger partial charge in [0.25, 0.3) is 0 Å². The Bertz CT molecular complexity index is 995. The summed E-state index contributed by atoms with van der Waals surface area (Å²) in [5, 5.41) is 5.63. The van der Waals surface area contributed by atoms with Crippen molar-refractivity contribution < 1.29 is 18.4 Å². The third-order valence-electron chi connectivity index (χ3n) is 6.04. The molecule has 9 heteroatoms. The summed E-state index contributed by atoms with van der Waals surface area (Å²) < 4.78 is 27.1. The maximum absolute atomic E-state index is 13.7. The quantitative estimate of drug-likeness (QED) is 0.563. The van der Waals surface area contributed by atoms with E-state index in [1.54, 1.807) is 19.1 Å². The summed E-state index contributed by atoms with van der Waals surface area (Å²) in [5.74, 6) is -2.27. The summed E-state index contributed by atoms with van der Waals surface area (Å²) in [4.78, 5) is 32.2. The molecule has 3 rings (SSSR count). The molecular weight excluding hydrogens is 428 g/mol. The third-order valence-corrected chi connectivity index (χ3v) is 6.04. The molecule has 2 aromatic rings. The number of nitrogens with one attached hydrogen (secondary N) is 2. The summed E-state index contributed by atoms with van der Waals surface area (Å²) in [6, 6.07) is 5.55. The van der Waals surface area contributed by atoms with E-state index >= 15 is 0 Å². The third kappa shape index (κ3) is 6.71. The number of hydrogen-bond donors (Lipinski definition) is 3. The van der Waals surface area contributed by atoms with Crippen molar-refractivity contribution in [2.24, 2.45) is 0 Å². The maximum Gasteiger partial charge on any atom is 0.243 e. The first-order chi connectivity index (χ1) is 15.7. The van der Waals surface area contributed by atoms with Crippen molar-refractivity contribution in [1.82, 2.24) is 20.5 Å². The van der Waals surface area contributed by atoms with Gasteiger partial charge in [-0.05, 0) is 69.1 Å². The number of benzene rings is 1. The number of halogens is 2. The van der Waals surface area contributed by atoms with E-state index in [9.17, 15) is 18.4 Å². The van der Waals surface area contributed by atoms with Crippen LogP contribution in [0.4, 0.5) is 14.6 Å². The smallest absolute Gasteiger partial charge is 0.243 e. The van der Waals surface area contributed by atoms with Crippen LogP contribution in [0.1, 0.15) is 43.0 Å². The van der Waals surface area contributed by atoms with Crippen molar-refractivity contribution in [1.29, 1.82) is 0 Å². The molecule has 0 spiro atoms. The van der Waals surface area contributed by atoms with E-state index in [0.29, 0.717) is 17.1 Å². The van der Waals surface area contributed by atoms with Gasteiger partial charge in [0, 0.05) is 18.7 Å². The number of piperidine rings is 1. The Labute approximate surface area is 192 Å². The molecular formula is C24H31F2N5O2. The molecule has 2 atom stereocenters. The molecule has 2 amide bonds. The summed E-state index contributed by atoms with van der Waals surface area (Å²) in [6.45, 7) is 5.47. The van der Waals surface area contributed by atoms with Crippen LogP contribution in [0.15, 0.2) is 30.3 Å². The fraction of sp³-hybridized carbons (Fsp3) is 0.458. The van der Waals surface area contributed by atoms with Gasteiger partial charge in [-0.15, -0.1) is 0 Å². The lowest BCUT2D eigenvalue weighted by Crippen LogP contribution is -2.54. The second-order valence-electron chi connectivity index (χ2n) is 8.48. The average molecular weight is 460 g/mol. The first kappa shape index (κ1) is 24.6. The van der Waals surface area contributed by atoms with E-state index in [1.807, 2.05) is 6.92 Å². The number of nitrogens with two attached hydrogens (primary N) is 1. The summed E-state index contributed by atoms with van der Waals surface area (Å²) in [7, 11) is 0. The number of amides is 2. The Morgan fingerprint density at radius 3 is 2.48 bits per heavy atom. The van der Waals surface area contributed by atoms with Crippen molar-refractivity contribution in [2.75, 3.05) is 18.8 Å². The second kappa shape index (κ2) is 11.2. The van der Waals surface area contributed by atoms with E-state index in [-0.39, 0.29) is 18.9 Å². The number of carbonyl (C=O) groups is 2. The highest BCUT2D eigenvalue weighted by Gasteiger charge is 2.28. The fourth-order valence-electron chi connectivity index (χ4n) is 3.98. The molecule has 178 valence electrons. The van der Waals surface area contributed by atoms with Gasteiger partial charge >= 0.3 is 0 Å². The van der Waals surface area contributed by atoms with E-state index in [4.69, 9.17) is 5.73 Å². The lowest BCUT2D eigenvalue weighted by atomic mass is 10.0. The van der Waals surface area contributed by atoms with Gasteiger partial charge in [-0.2, -0.15) is 0 Å². The van der Waals surface area contributed by atoms with Gasteiger partial charge in [0.1, 0.15) is 11.9 Å². The van der Waals surface area contributed by atoms with Crippen LogP contribution in [0.25, 0.3) is 0 Å². The molecule has 4 N–H and O–H groups in total. The minimum atomic E-state index is -0.997. The molecule has 1 fully saturated rings. The highest BCUT2D eigenvalue weighted by atomic mass is 19.2. The molecule has 1 aromatic heterocycles. The second-order valence-corrected chi connectivity index (χ2v) is 8.48. The first-order valence-corrected chi connectivity index (χ1v) is 11.2. The van der Waals surface area contributed by atoms with Crippen LogP contribution in [-0.4, -0.2) is 46.9 Å². The predicted molar refractivity (Wildman–Crippen MR) is 122 cm³/mol. The number of nitrogens with zero attached hydrogens (tertiary/aromatic N) is 2. The highest BCUT2D eigenvalue weighted by molar-refractivity contribution is 5.89. The Kier molecular flexibility index (Phi) is 8.32. The molecule has 2 heterocycles. The zero-order chi connectivity index (χ0) is 24.0. The number of nitrogen functional groups attached to an aromatic ring is 1. The molecule has 1 aliphatic heterocycles. The van der Waals surface area contributed by atoms with Crippen LogP contribution in [-0.2, 0) is 22.6 Å². The molecule has 0 radical (unpaired) electrons. The zero-order valence-electron chi connectivity index (χ0n) is 19.0. The van der Waals surface area contributed by atoms with E-state index in [2.05, 4.69) is 20.5 Å². The SMILES string of the molecule is Cc1nc(N)ccc1CNC(=O)[C@H](Cc1ccc(F)c(F)c1)NC(=O)[C@@H](C)N1CCCCC1. The minimum Gasteiger partial charge on any atom is -0.384 e. The zero-order valence-corrected chi connectivity index (χ0v) is 19.0. The highest BCUT2D eigenvalue weighted by Crippen LogP contribution is 2.14. The van der Waals surface area contributed by atoms with Crippen LogP contribution in [0, 0.1) is 18.6 Å². The van der Waals surface area contributed by atoms with Crippen molar-refractivity contribution in [3.63, 3.8) is 0 Å². The molecule has 1 aromatic carbocycles. The predicted octanol–water partition coefficient (Wildman–Crippen LogP) is 2.47. The fourth-order valence-corrected chi connectivity index (χ4v) is 3.98. The van der Waals surface area contributed by atoms with Gasteiger partial charge in [-0.25, -0.2) is 13.8 Å². The average Bonchev–Trinajstić information content (AvgIpc) is 2.80. The first-order valence-electron chi connectivity index (χ1n) is 11.2. The molecule has 0 aliphatic carbocycles. The van der Waals surface area contributed by atoms with Crippen LogP contribution >= 0.6 is 0 Å². The van der Waals surface area contributed by atoms with Gasteiger partial charge in [0.15, 0.2) is 11.6 Å². The summed E-state index contributed by atoms with van der Waals surface area (Å²) in [5.41, 5.74) is 7.56. The van der Waals surface area contributed by atoms with Crippen molar-refractivity contribution in [3.8, 4) is 0 Å². The standard InChI is InChI=1S/C24H31F2N5O2/c1-15-18(7-9-22(27)29-15)14-28-24(33)21(13-17-6-8-19(25)20(26)12-17)30-23(32)16(2)31-10-4-3-5-11-31/h6-9,12,16,21H,3-5,10-11,13-14H2,1-2H3,(H2,27,29)(H,28,33)(H,30,32)/t16-,21+/m1/s1.